The third-order valence-electron chi connectivity index (χ3n) is 4.09. The molecular weight excluding hydrogens is 396 g/mol. The van der Waals surface area contributed by atoms with Crippen LogP contribution < -0.4 is 10.9 Å². The van der Waals surface area contributed by atoms with Gasteiger partial charge < -0.3 is 4.42 Å². The highest BCUT2D eigenvalue weighted by atomic mass is 32.2. The molecule has 10 heteroatoms. The van der Waals surface area contributed by atoms with E-state index in [1.165, 1.54) is 38.4 Å². The van der Waals surface area contributed by atoms with Gasteiger partial charge in [0.15, 0.2) is 11.5 Å². The van der Waals surface area contributed by atoms with Crippen molar-refractivity contribution >= 4 is 32.9 Å². The Morgan fingerprint density at radius 3 is 2.55 bits per heavy atom. The second-order valence-corrected chi connectivity index (χ2v) is 8.54. The van der Waals surface area contributed by atoms with Crippen LogP contribution in [0.15, 0.2) is 57.8 Å². The summed E-state index contributed by atoms with van der Waals surface area (Å²) in [6, 6.07) is 12.8. The monoisotopic (exact) mass is 416 g/mol. The highest BCUT2D eigenvalue weighted by molar-refractivity contribution is 7.89. The van der Waals surface area contributed by atoms with Crippen molar-refractivity contribution in [1.29, 1.82) is 0 Å². The summed E-state index contributed by atoms with van der Waals surface area (Å²) in [5, 5.41) is 0. The lowest BCUT2D eigenvalue weighted by Crippen LogP contribution is -2.41. The van der Waals surface area contributed by atoms with Crippen LogP contribution in [0.3, 0.4) is 0 Å². The van der Waals surface area contributed by atoms with E-state index in [9.17, 15) is 18.0 Å². The Morgan fingerprint density at radius 2 is 1.83 bits per heavy atom. The van der Waals surface area contributed by atoms with Gasteiger partial charge in [-0.1, -0.05) is 18.2 Å². The van der Waals surface area contributed by atoms with Gasteiger partial charge in [-0.25, -0.2) is 17.7 Å². The number of sulfonamides is 1. The highest BCUT2D eigenvalue weighted by Crippen LogP contribution is 2.16. The molecule has 2 N–H and O–H groups in total. The molecule has 1 aromatic heterocycles. The summed E-state index contributed by atoms with van der Waals surface area (Å²) in [6.07, 6.45) is 0.328. The molecule has 1 heterocycles. The lowest BCUT2D eigenvalue weighted by Gasteiger charge is -2.12. The minimum absolute atomic E-state index is 0.0163. The number of carbonyl (C=O) groups excluding carboxylic acids is 2. The first-order valence-electron chi connectivity index (χ1n) is 8.73. The van der Waals surface area contributed by atoms with Crippen molar-refractivity contribution in [3.05, 3.63) is 60.0 Å². The number of hydrogen-bond acceptors (Lipinski definition) is 6. The highest BCUT2D eigenvalue weighted by Gasteiger charge is 2.19. The first kappa shape index (κ1) is 20.5. The second-order valence-electron chi connectivity index (χ2n) is 6.39. The summed E-state index contributed by atoms with van der Waals surface area (Å²) in [6.45, 7) is 0. The zero-order chi connectivity index (χ0) is 21.0. The number of hydrazine groups is 1. The fraction of sp³-hybridized carbons (Fsp3) is 0.211. The molecule has 0 aliphatic rings. The average Bonchev–Trinajstić information content (AvgIpc) is 3.13. The zero-order valence-electron chi connectivity index (χ0n) is 15.9. The maximum absolute atomic E-state index is 12.2. The number of fused-ring (bicyclic) bond motifs is 1. The van der Waals surface area contributed by atoms with Crippen LogP contribution in [-0.2, 0) is 21.2 Å². The summed E-state index contributed by atoms with van der Waals surface area (Å²) >= 11 is 0. The van der Waals surface area contributed by atoms with Crippen molar-refractivity contribution in [2.24, 2.45) is 0 Å². The second kappa shape index (κ2) is 8.41. The summed E-state index contributed by atoms with van der Waals surface area (Å²) in [7, 11) is -0.862. The van der Waals surface area contributed by atoms with E-state index in [0.717, 1.165) is 4.31 Å². The van der Waals surface area contributed by atoms with Crippen LogP contribution in [0.25, 0.3) is 11.1 Å². The molecule has 0 radical (unpaired) electrons. The number of hydrogen-bond donors (Lipinski definition) is 2. The Morgan fingerprint density at radius 1 is 1.07 bits per heavy atom. The standard InChI is InChI=1S/C19H20N4O5S/c1-23(2)29(26,27)14-7-5-6-13(12-14)19(25)22-21-17(24)10-11-18-20-15-8-3-4-9-16(15)28-18/h3-9,12H,10-11H2,1-2H3,(H,21,24)(H,22,25). The van der Waals surface area contributed by atoms with Gasteiger partial charge in [-0.3, -0.25) is 20.4 Å². The molecule has 0 fully saturated rings. The van der Waals surface area contributed by atoms with Crippen molar-refractivity contribution in [1.82, 2.24) is 20.1 Å². The van der Waals surface area contributed by atoms with E-state index in [0.29, 0.717) is 17.0 Å². The van der Waals surface area contributed by atoms with E-state index in [1.54, 1.807) is 6.07 Å². The lowest BCUT2D eigenvalue weighted by atomic mass is 10.2. The molecule has 0 aliphatic heterocycles. The van der Waals surface area contributed by atoms with Crippen molar-refractivity contribution in [3.63, 3.8) is 0 Å². The van der Waals surface area contributed by atoms with E-state index in [1.807, 2.05) is 18.2 Å². The molecule has 0 saturated carbocycles. The van der Waals surface area contributed by atoms with E-state index in [2.05, 4.69) is 15.8 Å². The minimum Gasteiger partial charge on any atom is -0.441 e. The average molecular weight is 416 g/mol. The molecule has 0 unspecified atom stereocenters. The minimum atomic E-state index is -3.67. The topological polar surface area (TPSA) is 122 Å². The SMILES string of the molecule is CN(C)S(=O)(=O)c1cccc(C(=O)NNC(=O)CCc2nc3ccccc3o2)c1. The maximum Gasteiger partial charge on any atom is 0.269 e. The number of rotatable bonds is 6. The molecule has 0 spiro atoms. The van der Waals surface area contributed by atoms with Crippen LogP contribution in [0.2, 0.25) is 0 Å². The summed E-state index contributed by atoms with van der Waals surface area (Å²) in [4.78, 5) is 28.5. The van der Waals surface area contributed by atoms with Gasteiger partial charge in [-0.05, 0) is 30.3 Å². The summed E-state index contributed by atoms with van der Waals surface area (Å²) in [5.41, 5.74) is 6.03. The fourth-order valence-electron chi connectivity index (χ4n) is 2.52. The van der Waals surface area contributed by atoms with Crippen molar-refractivity contribution in [2.75, 3.05) is 14.1 Å². The molecule has 0 atom stereocenters. The molecule has 3 aromatic rings. The maximum atomic E-state index is 12.2. The molecule has 0 aliphatic carbocycles. The van der Waals surface area contributed by atoms with Gasteiger partial charge in [-0.15, -0.1) is 0 Å². The molecule has 2 amide bonds. The Bertz CT molecular complexity index is 1120. The summed E-state index contributed by atoms with van der Waals surface area (Å²) in [5.74, 6) is -0.636. The predicted octanol–water partition coefficient (Wildman–Crippen LogP) is 1.47. The van der Waals surface area contributed by atoms with E-state index in [4.69, 9.17) is 4.42 Å². The van der Waals surface area contributed by atoms with Crippen LogP contribution in [0.1, 0.15) is 22.7 Å². The van der Waals surface area contributed by atoms with Crippen molar-refractivity contribution < 1.29 is 22.4 Å². The number of para-hydroxylation sites is 2. The van der Waals surface area contributed by atoms with Crippen LogP contribution in [-0.4, -0.2) is 43.6 Å². The zero-order valence-corrected chi connectivity index (χ0v) is 16.7. The Labute approximate surface area is 167 Å². The number of aromatic nitrogens is 1. The first-order valence-corrected chi connectivity index (χ1v) is 10.2. The Hall–Kier alpha value is -3.24. The third-order valence-corrected chi connectivity index (χ3v) is 5.91. The molecule has 0 bridgehead atoms. The van der Waals surface area contributed by atoms with Crippen LogP contribution in [0, 0.1) is 0 Å². The van der Waals surface area contributed by atoms with Crippen molar-refractivity contribution in [2.45, 2.75) is 17.7 Å². The number of amides is 2. The molecule has 152 valence electrons. The van der Waals surface area contributed by atoms with Gasteiger partial charge in [0.1, 0.15) is 5.52 Å². The van der Waals surface area contributed by atoms with E-state index in [-0.39, 0.29) is 23.3 Å². The van der Waals surface area contributed by atoms with Gasteiger partial charge in [0, 0.05) is 32.5 Å². The fourth-order valence-corrected chi connectivity index (χ4v) is 3.47. The summed E-state index contributed by atoms with van der Waals surface area (Å²) < 4.78 is 30.9. The van der Waals surface area contributed by atoms with E-state index >= 15 is 0 Å². The van der Waals surface area contributed by atoms with Crippen LogP contribution in [0.4, 0.5) is 0 Å². The lowest BCUT2D eigenvalue weighted by molar-refractivity contribution is -0.121. The first-order chi connectivity index (χ1) is 13.8. The van der Waals surface area contributed by atoms with Gasteiger partial charge in [0.25, 0.3) is 5.91 Å². The number of nitrogens with one attached hydrogen (secondary N) is 2. The van der Waals surface area contributed by atoms with Crippen LogP contribution >= 0.6 is 0 Å². The van der Waals surface area contributed by atoms with Gasteiger partial charge in [-0.2, -0.15) is 0 Å². The smallest absolute Gasteiger partial charge is 0.269 e. The van der Waals surface area contributed by atoms with E-state index < -0.39 is 21.8 Å². The van der Waals surface area contributed by atoms with Crippen molar-refractivity contribution in [3.8, 4) is 0 Å². The molecular formula is C19H20N4O5S. The van der Waals surface area contributed by atoms with Gasteiger partial charge >= 0.3 is 0 Å². The Balaban J connectivity index is 1.55. The Kier molecular flexibility index (Phi) is 5.95. The quantitative estimate of drug-likeness (QED) is 0.587. The van der Waals surface area contributed by atoms with Gasteiger partial charge in [0.2, 0.25) is 15.9 Å². The number of nitrogens with zero attached hydrogens (tertiary/aromatic N) is 2. The molecule has 2 aromatic carbocycles. The largest absolute Gasteiger partial charge is 0.441 e. The number of aryl methyl sites for hydroxylation is 1. The predicted molar refractivity (Wildman–Crippen MR) is 105 cm³/mol. The van der Waals surface area contributed by atoms with Crippen LogP contribution in [0.5, 0.6) is 0 Å². The third kappa shape index (κ3) is 4.79. The number of benzene rings is 2. The molecule has 3 rings (SSSR count). The van der Waals surface area contributed by atoms with Gasteiger partial charge in [0.05, 0.1) is 4.90 Å². The molecule has 9 nitrogen and oxygen atoms in total. The number of oxazole rings is 1. The normalized spacial score (nSPS) is 11.6. The molecule has 0 saturated heterocycles. The molecule has 29 heavy (non-hydrogen) atoms. The number of carbonyl (C=O) groups is 2.